The third-order valence-corrected chi connectivity index (χ3v) is 3.85. The lowest BCUT2D eigenvalue weighted by Gasteiger charge is -2.39. The summed E-state index contributed by atoms with van der Waals surface area (Å²) in [6, 6.07) is 4.10. The van der Waals surface area contributed by atoms with Crippen molar-refractivity contribution in [2.24, 2.45) is 5.92 Å². The minimum Gasteiger partial charge on any atom is -0.481 e. The molecule has 5 heteroatoms. The number of carbonyl (C=O) groups excluding carboxylic acids is 1. The second kappa shape index (κ2) is 5.27. The molecule has 5 nitrogen and oxygen atoms in total. The molecule has 2 saturated heterocycles. The molecule has 0 radical (unpaired) electrons. The Hall–Kier alpha value is -1.46. The first-order chi connectivity index (χ1) is 9.26. The molecule has 2 bridgehead atoms. The first-order valence-corrected chi connectivity index (χ1v) is 6.64. The van der Waals surface area contributed by atoms with Crippen molar-refractivity contribution in [3.05, 3.63) is 23.9 Å². The van der Waals surface area contributed by atoms with Gasteiger partial charge in [-0.15, -0.1) is 0 Å². The number of rotatable bonds is 3. The monoisotopic (exact) mass is 262 g/mol. The first kappa shape index (κ1) is 12.6. The highest BCUT2D eigenvalue weighted by molar-refractivity contribution is 5.98. The zero-order valence-corrected chi connectivity index (χ0v) is 11.0. The molecule has 2 atom stereocenters. The third kappa shape index (κ3) is 2.62. The smallest absolute Gasteiger partial charge is 0.213 e. The summed E-state index contributed by atoms with van der Waals surface area (Å²) in [5.74, 6) is 0.759. The van der Waals surface area contributed by atoms with Gasteiger partial charge < -0.3 is 14.8 Å². The molecule has 0 aromatic carbocycles. The molecular formula is C14H18N2O3. The van der Waals surface area contributed by atoms with Gasteiger partial charge in [-0.2, -0.15) is 0 Å². The summed E-state index contributed by atoms with van der Waals surface area (Å²) in [6.07, 6.45) is 3.32. The van der Waals surface area contributed by atoms with Gasteiger partial charge in [-0.1, -0.05) is 0 Å². The maximum Gasteiger partial charge on any atom is 0.213 e. The van der Waals surface area contributed by atoms with Gasteiger partial charge in [-0.25, -0.2) is 4.98 Å². The van der Waals surface area contributed by atoms with E-state index >= 15 is 0 Å². The fraction of sp³-hybridized carbons (Fsp3) is 0.571. The van der Waals surface area contributed by atoms with Crippen LogP contribution in [0.25, 0.3) is 0 Å². The second-order valence-corrected chi connectivity index (χ2v) is 5.22. The Kier molecular flexibility index (Phi) is 3.48. The molecule has 3 heterocycles. The van der Waals surface area contributed by atoms with Gasteiger partial charge in [0.05, 0.1) is 20.3 Å². The highest BCUT2D eigenvalue weighted by Crippen LogP contribution is 2.27. The number of nitrogens with zero attached hydrogens (tertiary/aromatic N) is 1. The van der Waals surface area contributed by atoms with Crippen molar-refractivity contribution in [2.45, 2.75) is 24.9 Å². The number of ether oxygens (including phenoxy) is 2. The Balaban J connectivity index is 1.76. The van der Waals surface area contributed by atoms with E-state index in [2.05, 4.69) is 10.3 Å². The number of nitrogens with one attached hydrogen (secondary N) is 1. The van der Waals surface area contributed by atoms with E-state index < -0.39 is 0 Å². The third-order valence-electron chi connectivity index (χ3n) is 3.85. The van der Waals surface area contributed by atoms with Crippen molar-refractivity contribution >= 4 is 5.78 Å². The average Bonchev–Trinajstić information content (AvgIpc) is 2.46. The maximum atomic E-state index is 12.5. The number of fused-ring (bicyclic) bond motifs is 2. The van der Waals surface area contributed by atoms with Crippen LogP contribution in [0, 0.1) is 5.92 Å². The van der Waals surface area contributed by atoms with Crippen molar-refractivity contribution < 1.29 is 14.3 Å². The van der Waals surface area contributed by atoms with Crippen LogP contribution in [0.5, 0.6) is 5.88 Å². The fourth-order valence-corrected chi connectivity index (χ4v) is 2.96. The van der Waals surface area contributed by atoms with Crippen LogP contribution in [0.15, 0.2) is 18.3 Å². The number of pyridine rings is 1. The Labute approximate surface area is 112 Å². The minimum absolute atomic E-state index is 0.0762. The van der Waals surface area contributed by atoms with Gasteiger partial charge >= 0.3 is 0 Å². The van der Waals surface area contributed by atoms with Crippen molar-refractivity contribution in [3.63, 3.8) is 0 Å². The molecule has 2 fully saturated rings. The Morgan fingerprint density at radius 2 is 2.16 bits per heavy atom. The molecule has 102 valence electrons. The number of methoxy groups -OCH3 is 1. The van der Waals surface area contributed by atoms with Crippen LogP contribution in [0.4, 0.5) is 0 Å². The van der Waals surface area contributed by atoms with Crippen molar-refractivity contribution in [2.75, 3.05) is 20.3 Å². The second-order valence-electron chi connectivity index (χ2n) is 5.22. The fourth-order valence-electron chi connectivity index (χ4n) is 2.96. The van der Waals surface area contributed by atoms with Crippen LogP contribution in [0.1, 0.15) is 23.2 Å². The van der Waals surface area contributed by atoms with Crippen molar-refractivity contribution in [3.8, 4) is 5.88 Å². The molecule has 1 N–H and O–H groups in total. The standard InChI is InChI=1S/C14H18N2O3/c1-18-13-6-9(2-3-15-13)14(17)10-4-11-7-19-8-12(5-10)16-11/h2-3,6,10-12,16H,4-5,7-8H2,1H3. The van der Waals surface area contributed by atoms with Gasteiger partial charge in [-0.05, 0) is 18.9 Å². The molecule has 0 amide bonds. The quantitative estimate of drug-likeness (QED) is 0.825. The molecule has 3 rings (SSSR count). The summed E-state index contributed by atoms with van der Waals surface area (Å²) >= 11 is 0. The van der Waals surface area contributed by atoms with Crippen molar-refractivity contribution in [1.29, 1.82) is 0 Å². The number of Topliss-reactive ketones (excluding diaryl/α,β-unsaturated/α-hetero) is 1. The van der Waals surface area contributed by atoms with E-state index in [4.69, 9.17) is 9.47 Å². The zero-order chi connectivity index (χ0) is 13.2. The Bertz CT molecular complexity index is 466. The van der Waals surface area contributed by atoms with E-state index in [1.807, 2.05) is 0 Å². The maximum absolute atomic E-state index is 12.5. The highest BCUT2D eigenvalue weighted by Gasteiger charge is 2.35. The van der Waals surface area contributed by atoms with E-state index in [1.165, 1.54) is 0 Å². The number of hydrogen-bond acceptors (Lipinski definition) is 5. The molecular weight excluding hydrogens is 244 g/mol. The van der Waals surface area contributed by atoms with E-state index in [9.17, 15) is 4.79 Å². The number of carbonyl (C=O) groups is 1. The molecule has 2 aliphatic rings. The molecule has 2 unspecified atom stereocenters. The molecule has 0 aliphatic carbocycles. The predicted molar refractivity (Wildman–Crippen MR) is 69.4 cm³/mol. The predicted octanol–water partition coefficient (Wildman–Crippen LogP) is 1.04. The van der Waals surface area contributed by atoms with Gasteiger partial charge in [0.25, 0.3) is 0 Å². The van der Waals surface area contributed by atoms with E-state index in [-0.39, 0.29) is 11.7 Å². The van der Waals surface area contributed by atoms with Crippen molar-refractivity contribution in [1.82, 2.24) is 10.3 Å². The van der Waals surface area contributed by atoms with Crippen LogP contribution < -0.4 is 10.1 Å². The van der Waals surface area contributed by atoms with Crippen LogP contribution in [0.2, 0.25) is 0 Å². The summed E-state index contributed by atoms with van der Waals surface area (Å²) in [5.41, 5.74) is 0.692. The highest BCUT2D eigenvalue weighted by atomic mass is 16.5. The van der Waals surface area contributed by atoms with Crippen LogP contribution in [-0.4, -0.2) is 43.2 Å². The normalized spacial score (nSPS) is 29.8. The van der Waals surface area contributed by atoms with Crippen LogP contribution in [-0.2, 0) is 4.74 Å². The Morgan fingerprint density at radius 1 is 1.42 bits per heavy atom. The largest absolute Gasteiger partial charge is 0.481 e. The summed E-state index contributed by atoms with van der Waals surface area (Å²) in [6.45, 7) is 1.42. The minimum atomic E-state index is 0.0762. The molecule has 0 spiro atoms. The molecule has 1 aromatic rings. The number of aromatic nitrogens is 1. The van der Waals surface area contributed by atoms with Gasteiger partial charge in [0.2, 0.25) is 5.88 Å². The lowest BCUT2D eigenvalue weighted by atomic mass is 9.82. The number of hydrogen-bond donors (Lipinski definition) is 1. The lowest BCUT2D eigenvalue weighted by Crippen LogP contribution is -2.55. The van der Waals surface area contributed by atoms with E-state index in [1.54, 1.807) is 25.4 Å². The van der Waals surface area contributed by atoms with Crippen LogP contribution >= 0.6 is 0 Å². The average molecular weight is 262 g/mol. The SMILES string of the molecule is COc1cc(C(=O)C2CC3COCC(C2)N3)ccn1. The van der Waals surface area contributed by atoms with E-state index in [0.717, 1.165) is 12.8 Å². The summed E-state index contributed by atoms with van der Waals surface area (Å²) in [7, 11) is 1.56. The van der Waals surface area contributed by atoms with Gasteiger partial charge in [-0.3, -0.25) is 4.79 Å². The molecule has 19 heavy (non-hydrogen) atoms. The van der Waals surface area contributed by atoms with Gasteiger partial charge in [0.1, 0.15) is 0 Å². The number of ketones is 1. The van der Waals surface area contributed by atoms with Crippen LogP contribution in [0.3, 0.4) is 0 Å². The molecule has 0 saturated carbocycles. The van der Waals surface area contributed by atoms with E-state index in [0.29, 0.717) is 36.7 Å². The summed E-state index contributed by atoms with van der Waals surface area (Å²) < 4.78 is 10.6. The first-order valence-electron chi connectivity index (χ1n) is 6.64. The molecule has 2 aliphatic heterocycles. The molecule has 1 aromatic heterocycles. The van der Waals surface area contributed by atoms with Gasteiger partial charge in [0, 0.05) is 35.8 Å². The summed E-state index contributed by atoms with van der Waals surface area (Å²) in [5, 5.41) is 3.50. The summed E-state index contributed by atoms with van der Waals surface area (Å²) in [4.78, 5) is 16.6. The number of morpholine rings is 1. The Morgan fingerprint density at radius 3 is 2.84 bits per heavy atom. The zero-order valence-electron chi connectivity index (χ0n) is 11.0. The van der Waals surface area contributed by atoms with Gasteiger partial charge in [0.15, 0.2) is 5.78 Å². The number of piperidine rings is 1. The lowest BCUT2D eigenvalue weighted by molar-refractivity contribution is 0.00952. The topological polar surface area (TPSA) is 60.5 Å².